The third-order valence-corrected chi connectivity index (χ3v) is 10.3. The Morgan fingerprint density at radius 3 is 1.25 bits per heavy atom. The monoisotopic (exact) mass is 725 g/mol. The molecular formula is C42H80N2O7. The van der Waals surface area contributed by atoms with Gasteiger partial charge in [0.25, 0.3) is 0 Å². The van der Waals surface area contributed by atoms with Crippen molar-refractivity contribution in [3.05, 3.63) is 0 Å². The highest BCUT2D eigenvalue weighted by molar-refractivity contribution is 5.70. The van der Waals surface area contributed by atoms with E-state index in [-0.39, 0.29) is 37.8 Å². The van der Waals surface area contributed by atoms with Gasteiger partial charge in [-0.15, -0.1) is 0 Å². The first-order valence-corrected chi connectivity index (χ1v) is 21.5. The Labute approximate surface area is 313 Å². The number of likely N-dealkylation sites (N-methyl/N-ethyl adjacent to an activating group) is 1. The number of hydrogen-bond acceptors (Lipinski definition) is 8. The van der Waals surface area contributed by atoms with E-state index in [0.717, 1.165) is 38.5 Å². The van der Waals surface area contributed by atoms with Crippen LogP contribution < -0.4 is 0 Å². The van der Waals surface area contributed by atoms with E-state index >= 15 is 0 Å². The van der Waals surface area contributed by atoms with E-state index in [2.05, 4.69) is 18.7 Å². The van der Waals surface area contributed by atoms with Crippen LogP contribution in [0.2, 0.25) is 0 Å². The maximum atomic E-state index is 12.9. The molecule has 0 atom stereocenters. The predicted molar refractivity (Wildman–Crippen MR) is 208 cm³/mol. The minimum Gasteiger partial charge on any atom is -0.462 e. The van der Waals surface area contributed by atoms with Gasteiger partial charge < -0.3 is 24.2 Å². The summed E-state index contributed by atoms with van der Waals surface area (Å²) in [7, 11) is 1.68. The average Bonchev–Trinajstić information content (AvgIpc) is 3.11. The van der Waals surface area contributed by atoms with E-state index in [4.69, 9.17) is 19.3 Å². The number of nitrogens with zero attached hydrogens (tertiary/aromatic N) is 2. The fourth-order valence-corrected chi connectivity index (χ4v) is 6.69. The summed E-state index contributed by atoms with van der Waals surface area (Å²) in [5.41, 5.74) is 0. The molecule has 0 aromatic carbocycles. The number of amides is 1. The molecule has 1 aliphatic heterocycles. The summed E-state index contributed by atoms with van der Waals surface area (Å²) < 4.78 is 16.7. The van der Waals surface area contributed by atoms with Crippen LogP contribution >= 0.6 is 0 Å². The number of aliphatic hydroxyl groups excluding tert-OH is 1. The van der Waals surface area contributed by atoms with Crippen LogP contribution in [-0.2, 0) is 23.8 Å². The average molecular weight is 725 g/mol. The first-order valence-electron chi connectivity index (χ1n) is 21.5. The van der Waals surface area contributed by atoms with Gasteiger partial charge in [0.15, 0.2) is 6.10 Å². The molecule has 1 aliphatic rings. The van der Waals surface area contributed by atoms with Crippen LogP contribution in [0, 0.1) is 0 Å². The highest BCUT2D eigenvalue weighted by Gasteiger charge is 2.33. The second kappa shape index (κ2) is 33.9. The van der Waals surface area contributed by atoms with Gasteiger partial charge in [-0.3, -0.25) is 14.5 Å². The molecule has 1 N–H and O–H groups in total. The number of aliphatic hydroxyl groups is 1. The lowest BCUT2D eigenvalue weighted by Gasteiger charge is -2.43. The molecule has 1 heterocycles. The molecule has 0 bridgehead atoms. The third-order valence-electron chi connectivity index (χ3n) is 10.3. The minimum absolute atomic E-state index is 0.0131. The lowest BCUT2D eigenvalue weighted by molar-refractivity contribution is -0.153. The number of likely N-dealkylation sites (tertiary alicyclic amines) is 1. The topological polar surface area (TPSA) is 106 Å². The number of esters is 2. The lowest BCUT2D eigenvalue weighted by Crippen LogP contribution is -2.60. The van der Waals surface area contributed by atoms with E-state index in [0.29, 0.717) is 32.5 Å². The number of β-amino-alcohol motifs (C(OH)–C–C–N with tert-alkyl or cyclic N) is 1. The number of rotatable bonds is 36. The maximum Gasteiger partial charge on any atom is 0.410 e. The first-order chi connectivity index (χ1) is 24.9. The molecule has 1 saturated heterocycles. The second-order valence-electron chi connectivity index (χ2n) is 15.1. The van der Waals surface area contributed by atoms with Crippen LogP contribution in [0.15, 0.2) is 0 Å². The van der Waals surface area contributed by atoms with Crippen molar-refractivity contribution in [1.82, 2.24) is 9.80 Å². The van der Waals surface area contributed by atoms with Crippen LogP contribution in [0.5, 0.6) is 0 Å². The molecule has 0 unspecified atom stereocenters. The zero-order valence-electron chi connectivity index (χ0n) is 33.5. The molecule has 0 aliphatic carbocycles. The summed E-state index contributed by atoms with van der Waals surface area (Å²) in [4.78, 5) is 41.5. The van der Waals surface area contributed by atoms with Gasteiger partial charge >= 0.3 is 18.0 Å². The Morgan fingerprint density at radius 2 is 0.922 bits per heavy atom. The molecule has 0 radical (unpaired) electrons. The van der Waals surface area contributed by atoms with Crippen molar-refractivity contribution >= 4 is 18.0 Å². The Morgan fingerprint density at radius 1 is 0.588 bits per heavy atom. The summed E-state index contributed by atoms with van der Waals surface area (Å²) in [5, 5.41) is 9.14. The first kappa shape index (κ1) is 47.2. The van der Waals surface area contributed by atoms with Crippen molar-refractivity contribution in [3.8, 4) is 0 Å². The molecule has 1 fully saturated rings. The number of carbonyl (C=O) groups excluding carboxylic acids is 3. The summed E-state index contributed by atoms with van der Waals surface area (Å²) in [6.45, 7) is 6.23. The van der Waals surface area contributed by atoms with Gasteiger partial charge in [-0.05, 0) is 12.8 Å². The molecule has 300 valence electrons. The second-order valence-corrected chi connectivity index (χ2v) is 15.1. The Balaban J connectivity index is 2.28. The zero-order valence-corrected chi connectivity index (χ0v) is 33.5. The Hall–Kier alpha value is -1.87. The van der Waals surface area contributed by atoms with Crippen LogP contribution in [0.25, 0.3) is 0 Å². The van der Waals surface area contributed by atoms with Crippen molar-refractivity contribution in [2.75, 3.05) is 46.5 Å². The predicted octanol–water partition coefficient (Wildman–Crippen LogP) is 10.1. The molecular weight excluding hydrogens is 644 g/mol. The highest BCUT2D eigenvalue weighted by atomic mass is 16.6. The SMILES string of the molecule is CCCCCCCCCCCCCCCC(=O)OCC(COC(=O)CCCCCCCCCCCCCCC)OC(=O)N(C)C1CN(CCO)C1. The van der Waals surface area contributed by atoms with Crippen molar-refractivity contribution in [2.45, 2.75) is 206 Å². The van der Waals surface area contributed by atoms with Gasteiger partial charge in [-0.25, -0.2) is 4.79 Å². The smallest absolute Gasteiger partial charge is 0.410 e. The molecule has 0 aromatic heterocycles. The summed E-state index contributed by atoms with van der Waals surface area (Å²) in [6, 6.07) is -0.0131. The van der Waals surface area contributed by atoms with Gasteiger partial charge in [0, 0.05) is 39.5 Å². The molecule has 9 nitrogen and oxygen atoms in total. The van der Waals surface area contributed by atoms with Crippen LogP contribution in [0.4, 0.5) is 4.79 Å². The normalized spacial score (nSPS) is 13.4. The molecule has 51 heavy (non-hydrogen) atoms. The molecule has 0 saturated carbocycles. The fraction of sp³-hybridized carbons (Fsp3) is 0.929. The van der Waals surface area contributed by atoms with Gasteiger partial charge in [0.05, 0.1) is 12.6 Å². The van der Waals surface area contributed by atoms with E-state index in [1.807, 2.05) is 0 Å². The minimum atomic E-state index is -0.861. The van der Waals surface area contributed by atoms with Crippen LogP contribution in [0.3, 0.4) is 0 Å². The third kappa shape index (κ3) is 27.4. The Kier molecular flexibility index (Phi) is 31.4. The summed E-state index contributed by atoms with van der Waals surface area (Å²) in [6.07, 6.45) is 31.6. The molecule has 0 spiro atoms. The lowest BCUT2D eigenvalue weighted by atomic mass is 10.0. The van der Waals surface area contributed by atoms with Crippen molar-refractivity contribution in [3.63, 3.8) is 0 Å². The largest absolute Gasteiger partial charge is 0.462 e. The molecule has 1 amide bonds. The maximum absolute atomic E-state index is 12.9. The van der Waals surface area contributed by atoms with Crippen molar-refractivity contribution in [2.24, 2.45) is 0 Å². The van der Waals surface area contributed by atoms with Crippen molar-refractivity contribution < 1.29 is 33.7 Å². The highest BCUT2D eigenvalue weighted by Crippen LogP contribution is 2.17. The van der Waals surface area contributed by atoms with Crippen molar-refractivity contribution in [1.29, 1.82) is 0 Å². The van der Waals surface area contributed by atoms with Gasteiger partial charge in [0.1, 0.15) is 13.2 Å². The number of ether oxygens (including phenoxy) is 3. The zero-order chi connectivity index (χ0) is 37.2. The van der Waals surface area contributed by atoms with Crippen LogP contribution in [0.1, 0.15) is 194 Å². The van der Waals surface area contributed by atoms with Crippen LogP contribution in [-0.4, -0.2) is 91.6 Å². The van der Waals surface area contributed by atoms with E-state index in [1.165, 1.54) is 133 Å². The number of carbonyl (C=O) groups is 3. The van der Waals surface area contributed by atoms with Gasteiger partial charge in [-0.1, -0.05) is 168 Å². The number of hydrogen-bond donors (Lipinski definition) is 1. The molecule has 1 rings (SSSR count). The summed E-state index contributed by atoms with van der Waals surface area (Å²) >= 11 is 0. The molecule has 0 aromatic rings. The van der Waals surface area contributed by atoms with Gasteiger partial charge in [0.2, 0.25) is 0 Å². The number of unbranched alkanes of at least 4 members (excludes halogenated alkanes) is 24. The molecule has 9 heteroatoms. The van der Waals surface area contributed by atoms with Gasteiger partial charge in [-0.2, -0.15) is 0 Å². The fourth-order valence-electron chi connectivity index (χ4n) is 6.69. The van der Waals surface area contributed by atoms with E-state index in [1.54, 1.807) is 7.05 Å². The quantitative estimate of drug-likeness (QED) is 0.0387. The van der Waals surface area contributed by atoms with E-state index in [9.17, 15) is 14.4 Å². The standard InChI is InChI=1S/C42H80N2O7/c1-4-6-8-10-12-14-16-18-20-22-24-26-28-30-40(46)49-36-39(51-42(48)43(3)38-34-44(35-38)32-33-45)37-50-41(47)31-29-27-25-23-21-19-17-15-13-11-9-7-5-2/h38-39,45H,4-37H2,1-3H3. The Bertz CT molecular complexity index is 790. The van der Waals surface area contributed by atoms with E-state index < -0.39 is 12.2 Å². The summed E-state index contributed by atoms with van der Waals surface area (Å²) in [5.74, 6) is -0.631.